The largest absolute Gasteiger partial charge is 0.479 e. The zero-order valence-corrected chi connectivity index (χ0v) is 12.4. The predicted molar refractivity (Wildman–Crippen MR) is 80.9 cm³/mol. The number of nitriles is 1. The molecule has 1 N–H and O–H groups in total. The summed E-state index contributed by atoms with van der Waals surface area (Å²) in [6, 6.07) is 6.17. The summed E-state index contributed by atoms with van der Waals surface area (Å²) < 4.78 is 5.69. The summed E-state index contributed by atoms with van der Waals surface area (Å²) in [6.45, 7) is 6.08. The van der Waals surface area contributed by atoms with Gasteiger partial charge in [-0.3, -0.25) is 4.79 Å². The molecule has 108 valence electrons. The van der Waals surface area contributed by atoms with Crippen LogP contribution in [-0.2, 0) is 4.79 Å². The van der Waals surface area contributed by atoms with Crippen molar-refractivity contribution in [3.05, 3.63) is 29.3 Å². The molecule has 4 heteroatoms. The summed E-state index contributed by atoms with van der Waals surface area (Å²) in [5.41, 5.74) is 4.15. The fraction of sp³-hybridized carbons (Fsp3) is 0.412. The van der Waals surface area contributed by atoms with Crippen LogP contribution in [0.15, 0.2) is 18.2 Å². The van der Waals surface area contributed by atoms with Crippen LogP contribution in [-0.4, -0.2) is 12.0 Å². The molecule has 0 radical (unpaired) electrons. The first-order chi connectivity index (χ1) is 10.0. The molecule has 21 heavy (non-hydrogen) atoms. The van der Waals surface area contributed by atoms with Gasteiger partial charge in [-0.05, 0) is 36.0 Å². The van der Waals surface area contributed by atoms with Crippen molar-refractivity contribution in [2.45, 2.75) is 39.2 Å². The van der Waals surface area contributed by atoms with Gasteiger partial charge in [0.05, 0.1) is 18.2 Å². The van der Waals surface area contributed by atoms with Gasteiger partial charge in [-0.1, -0.05) is 26.0 Å². The van der Waals surface area contributed by atoms with Crippen LogP contribution >= 0.6 is 0 Å². The molecular weight excluding hydrogens is 264 g/mol. The van der Waals surface area contributed by atoms with E-state index in [2.05, 4.69) is 31.3 Å². The highest BCUT2D eigenvalue weighted by atomic mass is 16.5. The lowest BCUT2D eigenvalue weighted by molar-refractivity contribution is -0.122. The Morgan fingerprint density at radius 2 is 2.10 bits per heavy atom. The fourth-order valence-electron chi connectivity index (χ4n) is 3.19. The number of anilines is 1. The van der Waals surface area contributed by atoms with Crippen LogP contribution in [0, 0.1) is 17.2 Å². The lowest BCUT2D eigenvalue weighted by Gasteiger charge is -2.25. The standard InChI is InChI=1S/C17H18N2O2/c1-9-10(2)13-6-7-14-16(19-17(20)11(3)21-14)15(13)12(9)5-4-8-18/h5-7,9-11H,4H2,1-3H3,(H,19,20). The molecule has 0 fully saturated rings. The van der Waals surface area contributed by atoms with E-state index in [0.29, 0.717) is 24.0 Å². The van der Waals surface area contributed by atoms with Crippen molar-refractivity contribution in [3.8, 4) is 11.8 Å². The molecule has 1 aliphatic carbocycles. The van der Waals surface area contributed by atoms with E-state index in [4.69, 9.17) is 10.00 Å². The zero-order valence-electron chi connectivity index (χ0n) is 12.4. The zero-order chi connectivity index (χ0) is 15.1. The number of hydrogen-bond acceptors (Lipinski definition) is 3. The lowest BCUT2D eigenvalue weighted by Crippen LogP contribution is -2.34. The molecule has 1 aromatic carbocycles. The van der Waals surface area contributed by atoms with Gasteiger partial charge < -0.3 is 10.1 Å². The SMILES string of the molecule is CC1Oc2ccc3c(c2NC1=O)C(=CCC#N)C(C)C3C. The molecule has 4 nitrogen and oxygen atoms in total. The number of hydrogen-bond donors (Lipinski definition) is 1. The Balaban J connectivity index is 2.18. The van der Waals surface area contributed by atoms with E-state index >= 15 is 0 Å². The van der Waals surface area contributed by atoms with E-state index in [9.17, 15) is 4.79 Å². The second kappa shape index (κ2) is 4.92. The van der Waals surface area contributed by atoms with E-state index in [1.54, 1.807) is 6.92 Å². The van der Waals surface area contributed by atoms with Gasteiger partial charge in [0.25, 0.3) is 5.91 Å². The minimum Gasteiger partial charge on any atom is -0.479 e. The number of rotatable bonds is 1. The molecule has 0 bridgehead atoms. The number of carbonyl (C=O) groups is 1. The molecule has 2 aliphatic rings. The van der Waals surface area contributed by atoms with E-state index in [1.807, 2.05) is 12.1 Å². The van der Waals surface area contributed by atoms with Crippen molar-refractivity contribution in [2.75, 3.05) is 5.32 Å². The third kappa shape index (κ3) is 2.01. The topological polar surface area (TPSA) is 62.1 Å². The molecular formula is C17H18N2O2. The van der Waals surface area contributed by atoms with Crippen LogP contribution in [0.3, 0.4) is 0 Å². The molecule has 1 aliphatic heterocycles. The molecule has 0 saturated carbocycles. The van der Waals surface area contributed by atoms with Crippen LogP contribution in [0.4, 0.5) is 5.69 Å². The number of carbonyl (C=O) groups excluding carboxylic acids is 1. The average Bonchev–Trinajstić information content (AvgIpc) is 2.71. The third-order valence-electron chi connectivity index (χ3n) is 4.55. The second-order valence-electron chi connectivity index (χ2n) is 5.75. The lowest BCUT2D eigenvalue weighted by atomic mass is 9.94. The summed E-state index contributed by atoms with van der Waals surface area (Å²) in [4.78, 5) is 11.9. The van der Waals surface area contributed by atoms with Gasteiger partial charge in [-0.2, -0.15) is 5.26 Å². The Morgan fingerprint density at radius 1 is 1.33 bits per heavy atom. The highest BCUT2D eigenvalue weighted by molar-refractivity contribution is 6.02. The quantitative estimate of drug-likeness (QED) is 0.858. The number of nitrogens with zero attached hydrogens (tertiary/aromatic N) is 1. The minimum absolute atomic E-state index is 0.122. The van der Waals surface area contributed by atoms with Crippen molar-refractivity contribution in [1.29, 1.82) is 5.26 Å². The third-order valence-corrected chi connectivity index (χ3v) is 4.55. The van der Waals surface area contributed by atoms with Crippen molar-refractivity contribution in [1.82, 2.24) is 0 Å². The van der Waals surface area contributed by atoms with Crippen molar-refractivity contribution < 1.29 is 9.53 Å². The summed E-state index contributed by atoms with van der Waals surface area (Å²) in [5.74, 6) is 1.29. The Bertz CT molecular complexity index is 685. The Morgan fingerprint density at radius 3 is 2.81 bits per heavy atom. The number of allylic oxidation sites excluding steroid dienone is 2. The van der Waals surface area contributed by atoms with Crippen molar-refractivity contribution in [2.24, 2.45) is 5.92 Å². The number of benzene rings is 1. The van der Waals surface area contributed by atoms with Gasteiger partial charge in [-0.15, -0.1) is 0 Å². The molecule has 0 saturated heterocycles. The molecule has 3 atom stereocenters. The van der Waals surface area contributed by atoms with Crippen LogP contribution in [0.25, 0.3) is 5.57 Å². The summed E-state index contributed by atoms with van der Waals surface area (Å²) >= 11 is 0. The normalized spacial score (nSPS) is 28.4. The fourth-order valence-corrected chi connectivity index (χ4v) is 3.19. The van der Waals surface area contributed by atoms with Crippen molar-refractivity contribution in [3.63, 3.8) is 0 Å². The van der Waals surface area contributed by atoms with Crippen LogP contribution in [0.1, 0.15) is 44.2 Å². The van der Waals surface area contributed by atoms with Crippen molar-refractivity contribution >= 4 is 17.2 Å². The second-order valence-corrected chi connectivity index (χ2v) is 5.75. The van der Waals surface area contributed by atoms with Gasteiger partial charge in [0.15, 0.2) is 6.10 Å². The summed E-state index contributed by atoms with van der Waals surface area (Å²) in [6.07, 6.45) is 1.87. The number of ether oxygens (including phenoxy) is 1. The van der Waals surface area contributed by atoms with Crippen LogP contribution < -0.4 is 10.1 Å². The van der Waals surface area contributed by atoms with E-state index in [0.717, 1.165) is 16.8 Å². The smallest absolute Gasteiger partial charge is 0.265 e. The first kappa shape index (κ1) is 13.7. The summed E-state index contributed by atoms with van der Waals surface area (Å²) in [7, 11) is 0. The van der Waals surface area contributed by atoms with Crippen LogP contribution in [0.5, 0.6) is 5.75 Å². The Labute approximate surface area is 124 Å². The van der Waals surface area contributed by atoms with Gasteiger partial charge in [0, 0.05) is 5.56 Å². The number of fused-ring (bicyclic) bond motifs is 3. The monoisotopic (exact) mass is 282 g/mol. The first-order valence-corrected chi connectivity index (χ1v) is 7.26. The maximum Gasteiger partial charge on any atom is 0.265 e. The van der Waals surface area contributed by atoms with Gasteiger partial charge in [0.1, 0.15) is 5.75 Å². The highest BCUT2D eigenvalue weighted by Crippen LogP contribution is 2.52. The number of nitrogens with one attached hydrogen (secondary N) is 1. The van der Waals surface area contributed by atoms with E-state index < -0.39 is 6.10 Å². The molecule has 1 heterocycles. The maximum atomic E-state index is 11.9. The Kier molecular flexibility index (Phi) is 3.21. The van der Waals surface area contributed by atoms with Gasteiger partial charge in [0.2, 0.25) is 0 Å². The first-order valence-electron chi connectivity index (χ1n) is 7.26. The van der Waals surface area contributed by atoms with E-state index in [1.165, 1.54) is 5.56 Å². The molecule has 3 rings (SSSR count). The van der Waals surface area contributed by atoms with Crippen LogP contribution in [0.2, 0.25) is 0 Å². The number of amides is 1. The van der Waals surface area contributed by atoms with Gasteiger partial charge in [-0.25, -0.2) is 0 Å². The molecule has 3 unspecified atom stereocenters. The maximum absolute atomic E-state index is 11.9. The Hall–Kier alpha value is -2.28. The summed E-state index contributed by atoms with van der Waals surface area (Å²) in [5, 5.41) is 11.8. The van der Waals surface area contributed by atoms with Gasteiger partial charge >= 0.3 is 0 Å². The molecule has 0 aromatic heterocycles. The predicted octanol–water partition coefficient (Wildman–Crippen LogP) is 3.46. The molecule has 1 aromatic rings. The van der Waals surface area contributed by atoms with E-state index in [-0.39, 0.29) is 5.91 Å². The molecule has 0 spiro atoms. The average molecular weight is 282 g/mol. The minimum atomic E-state index is -0.474. The highest BCUT2D eigenvalue weighted by Gasteiger charge is 2.36. The molecule has 1 amide bonds.